The van der Waals surface area contributed by atoms with Gasteiger partial charge >= 0.3 is 0 Å². The summed E-state index contributed by atoms with van der Waals surface area (Å²) < 4.78 is 13.7. The van der Waals surface area contributed by atoms with Crippen molar-refractivity contribution in [2.24, 2.45) is 0 Å². The highest BCUT2D eigenvalue weighted by atomic mass is 16.5. The van der Waals surface area contributed by atoms with E-state index in [1.54, 1.807) is 18.2 Å². The van der Waals surface area contributed by atoms with Crippen LogP contribution in [0.1, 0.15) is 29.8 Å². The topological polar surface area (TPSA) is 40.5 Å². The molecular weight excluding hydrogens is 338 g/mol. The van der Waals surface area contributed by atoms with Gasteiger partial charge < -0.3 is 14.0 Å². The van der Waals surface area contributed by atoms with E-state index >= 15 is 0 Å². The first kappa shape index (κ1) is 17.2. The lowest BCUT2D eigenvalue weighted by Crippen LogP contribution is -1.98. The summed E-state index contributed by atoms with van der Waals surface area (Å²) >= 11 is 0. The van der Waals surface area contributed by atoms with Crippen LogP contribution in [0.5, 0.6) is 11.5 Å². The highest BCUT2D eigenvalue weighted by Gasteiger charge is 2.28. The molecule has 0 radical (unpaired) electrons. The zero-order valence-corrected chi connectivity index (χ0v) is 15.5. The number of aromatic nitrogens is 1. The van der Waals surface area contributed by atoms with Crippen LogP contribution in [0, 0.1) is 0 Å². The smallest absolute Gasteiger partial charge is 0.231 e. The molecule has 2 heterocycles. The average Bonchev–Trinajstić information content (AvgIpc) is 3.18. The SMILES string of the molecule is C=C(C)COc1ccc2c(c1)O/C(=C/c1cn(CC)c3ccccc13)C2=O. The largest absolute Gasteiger partial charge is 0.489 e. The third kappa shape index (κ3) is 3.14. The number of carbonyl (C=O) groups is 1. The van der Waals surface area contributed by atoms with E-state index in [2.05, 4.69) is 36.4 Å². The normalized spacial score (nSPS) is 14.4. The molecule has 27 heavy (non-hydrogen) atoms. The van der Waals surface area contributed by atoms with E-state index in [9.17, 15) is 4.79 Å². The second kappa shape index (κ2) is 6.80. The molecule has 0 fully saturated rings. The van der Waals surface area contributed by atoms with Crippen molar-refractivity contribution >= 4 is 22.8 Å². The molecule has 1 aliphatic heterocycles. The van der Waals surface area contributed by atoms with Gasteiger partial charge in [0.25, 0.3) is 0 Å². The Balaban J connectivity index is 1.67. The molecule has 0 amide bonds. The fourth-order valence-electron chi connectivity index (χ4n) is 3.26. The molecule has 1 aromatic heterocycles. The number of benzene rings is 2. The second-order valence-corrected chi connectivity index (χ2v) is 6.73. The molecule has 0 saturated heterocycles. The highest BCUT2D eigenvalue weighted by Crippen LogP contribution is 2.35. The molecule has 0 saturated carbocycles. The summed E-state index contributed by atoms with van der Waals surface area (Å²) in [5, 5.41) is 1.10. The van der Waals surface area contributed by atoms with Gasteiger partial charge in [-0.15, -0.1) is 0 Å². The molecule has 4 rings (SSSR count). The van der Waals surface area contributed by atoms with Crippen molar-refractivity contribution < 1.29 is 14.3 Å². The van der Waals surface area contributed by atoms with E-state index in [4.69, 9.17) is 9.47 Å². The van der Waals surface area contributed by atoms with Crippen LogP contribution in [0.3, 0.4) is 0 Å². The van der Waals surface area contributed by atoms with Gasteiger partial charge in [-0.05, 0) is 43.7 Å². The quantitative estimate of drug-likeness (QED) is 0.462. The summed E-state index contributed by atoms with van der Waals surface area (Å²) in [7, 11) is 0. The van der Waals surface area contributed by atoms with E-state index in [1.165, 1.54) is 0 Å². The number of fused-ring (bicyclic) bond motifs is 2. The Kier molecular flexibility index (Phi) is 4.32. The van der Waals surface area contributed by atoms with Gasteiger partial charge in [0, 0.05) is 35.3 Å². The van der Waals surface area contributed by atoms with Crippen molar-refractivity contribution in [1.29, 1.82) is 0 Å². The van der Waals surface area contributed by atoms with Crippen molar-refractivity contribution in [3.05, 3.63) is 77.7 Å². The maximum atomic E-state index is 12.7. The molecule has 0 atom stereocenters. The van der Waals surface area contributed by atoms with Gasteiger partial charge in [-0.1, -0.05) is 24.8 Å². The number of ether oxygens (including phenoxy) is 2. The van der Waals surface area contributed by atoms with Gasteiger partial charge in [-0.2, -0.15) is 0 Å². The Bertz CT molecular complexity index is 1090. The maximum Gasteiger partial charge on any atom is 0.231 e. The van der Waals surface area contributed by atoms with Crippen molar-refractivity contribution in [1.82, 2.24) is 4.57 Å². The molecule has 3 aromatic rings. The summed E-state index contributed by atoms with van der Waals surface area (Å²) in [5.41, 5.74) is 3.61. The van der Waals surface area contributed by atoms with E-state index < -0.39 is 0 Å². The predicted molar refractivity (Wildman–Crippen MR) is 107 cm³/mol. The zero-order valence-electron chi connectivity index (χ0n) is 15.5. The molecule has 4 heteroatoms. The van der Waals surface area contributed by atoms with Crippen LogP contribution in [-0.2, 0) is 6.54 Å². The van der Waals surface area contributed by atoms with Gasteiger partial charge in [-0.3, -0.25) is 4.79 Å². The minimum atomic E-state index is -0.107. The summed E-state index contributed by atoms with van der Waals surface area (Å²) in [6.45, 7) is 9.13. The number of aryl methyl sites for hydroxylation is 1. The molecule has 2 aromatic carbocycles. The number of ketones is 1. The molecule has 0 spiro atoms. The van der Waals surface area contributed by atoms with E-state index in [1.807, 2.05) is 25.1 Å². The summed E-state index contributed by atoms with van der Waals surface area (Å²) in [6.07, 6.45) is 3.88. The van der Waals surface area contributed by atoms with E-state index in [-0.39, 0.29) is 5.78 Å². The number of allylic oxidation sites excluding steroid dienone is 1. The molecule has 0 bridgehead atoms. The highest BCUT2D eigenvalue weighted by molar-refractivity contribution is 6.15. The van der Waals surface area contributed by atoms with Crippen LogP contribution in [-0.4, -0.2) is 17.0 Å². The Labute approximate surface area is 158 Å². The number of carbonyl (C=O) groups excluding carboxylic acids is 1. The standard InChI is InChI=1S/C23H21NO3/c1-4-24-13-16(18-7-5-6-8-20(18)24)11-22-23(25)19-10-9-17(12-21(19)27-22)26-14-15(2)3/h5-13H,2,4,14H2,1,3H3/b22-11+. The Morgan fingerprint density at radius 3 is 2.85 bits per heavy atom. The number of nitrogens with zero attached hydrogens (tertiary/aromatic N) is 1. The number of Topliss-reactive ketones (excluding diaryl/α,β-unsaturated/α-hetero) is 1. The average molecular weight is 359 g/mol. The van der Waals surface area contributed by atoms with Crippen LogP contribution in [0.4, 0.5) is 0 Å². The summed E-state index contributed by atoms with van der Waals surface area (Å²) in [6, 6.07) is 13.5. The Morgan fingerprint density at radius 1 is 1.26 bits per heavy atom. The lowest BCUT2D eigenvalue weighted by molar-refractivity contribution is 0.101. The minimum absolute atomic E-state index is 0.107. The predicted octanol–water partition coefficient (Wildman–Crippen LogP) is 5.23. The maximum absolute atomic E-state index is 12.7. The molecule has 4 nitrogen and oxygen atoms in total. The first-order chi connectivity index (χ1) is 13.1. The lowest BCUT2D eigenvalue weighted by Gasteiger charge is -2.06. The summed E-state index contributed by atoms with van der Waals surface area (Å²) in [5.74, 6) is 1.42. The molecule has 0 aliphatic carbocycles. The first-order valence-electron chi connectivity index (χ1n) is 9.00. The van der Waals surface area contributed by atoms with Crippen LogP contribution >= 0.6 is 0 Å². The molecular formula is C23H21NO3. The number of hydrogen-bond acceptors (Lipinski definition) is 3. The third-order valence-corrected chi connectivity index (χ3v) is 4.57. The first-order valence-corrected chi connectivity index (χ1v) is 9.00. The third-order valence-electron chi connectivity index (χ3n) is 4.57. The molecule has 0 N–H and O–H groups in total. The monoisotopic (exact) mass is 359 g/mol. The van der Waals surface area contributed by atoms with Crippen molar-refractivity contribution in [3.63, 3.8) is 0 Å². The van der Waals surface area contributed by atoms with E-state index in [0.717, 1.165) is 28.6 Å². The van der Waals surface area contributed by atoms with Gasteiger partial charge in [0.05, 0.1) is 5.56 Å². The van der Waals surface area contributed by atoms with Crippen molar-refractivity contribution in [2.75, 3.05) is 6.61 Å². The number of hydrogen-bond donors (Lipinski definition) is 0. The van der Waals surface area contributed by atoms with Gasteiger partial charge in [-0.25, -0.2) is 0 Å². The number of para-hydroxylation sites is 1. The van der Waals surface area contributed by atoms with Crippen LogP contribution < -0.4 is 9.47 Å². The lowest BCUT2D eigenvalue weighted by atomic mass is 10.1. The van der Waals surface area contributed by atoms with Gasteiger partial charge in [0.2, 0.25) is 5.78 Å². The summed E-state index contributed by atoms with van der Waals surface area (Å²) in [4.78, 5) is 12.7. The van der Waals surface area contributed by atoms with Crippen LogP contribution in [0.2, 0.25) is 0 Å². The van der Waals surface area contributed by atoms with Gasteiger partial charge in [0.15, 0.2) is 5.76 Å². The van der Waals surface area contributed by atoms with E-state index in [0.29, 0.717) is 29.4 Å². The van der Waals surface area contributed by atoms with Crippen LogP contribution in [0.25, 0.3) is 17.0 Å². The molecule has 0 unspecified atom stereocenters. The van der Waals surface area contributed by atoms with Crippen molar-refractivity contribution in [3.8, 4) is 11.5 Å². The fourth-order valence-corrected chi connectivity index (χ4v) is 3.26. The molecule has 136 valence electrons. The van der Waals surface area contributed by atoms with Crippen LogP contribution in [0.15, 0.2) is 66.6 Å². The Morgan fingerprint density at radius 2 is 2.07 bits per heavy atom. The van der Waals surface area contributed by atoms with Gasteiger partial charge in [0.1, 0.15) is 18.1 Å². The molecule has 1 aliphatic rings. The second-order valence-electron chi connectivity index (χ2n) is 6.73. The van der Waals surface area contributed by atoms with Crippen molar-refractivity contribution in [2.45, 2.75) is 20.4 Å². The minimum Gasteiger partial charge on any atom is -0.489 e. The number of rotatable bonds is 5. The Hall–Kier alpha value is -3.27. The fraction of sp³-hybridized carbons (Fsp3) is 0.174. The zero-order chi connectivity index (χ0) is 19.0.